The van der Waals surface area contributed by atoms with Crippen molar-refractivity contribution in [2.75, 3.05) is 25.7 Å². The first kappa shape index (κ1) is 16.0. The molecule has 0 aliphatic carbocycles. The number of oxime groups is 1. The van der Waals surface area contributed by atoms with Gasteiger partial charge in [-0.3, -0.25) is 0 Å². The minimum atomic E-state index is -0.946. The van der Waals surface area contributed by atoms with Crippen LogP contribution >= 0.6 is 23.5 Å². The van der Waals surface area contributed by atoms with Crippen LogP contribution in [0.15, 0.2) is 21.0 Å². The molecule has 0 radical (unpaired) electrons. The zero-order valence-electron chi connectivity index (χ0n) is 12.1. The maximum Gasteiger partial charge on any atom is 0.336 e. The Labute approximate surface area is 132 Å². The minimum Gasteiger partial charge on any atom is -0.491 e. The number of carboxylic acid groups (broad SMARTS) is 1. The Morgan fingerprint density at radius 3 is 2.81 bits per heavy atom. The van der Waals surface area contributed by atoms with E-state index in [1.165, 1.54) is 23.5 Å². The molecule has 5 nitrogen and oxygen atoms in total. The lowest BCUT2D eigenvalue weighted by Crippen LogP contribution is -2.20. The first-order valence-corrected chi connectivity index (χ1v) is 8.93. The van der Waals surface area contributed by atoms with Gasteiger partial charge in [0.15, 0.2) is 0 Å². The average Bonchev–Trinajstić information content (AvgIpc) is 2.50. The average molecular weight is 327 g/mol. The van der Waals surface area contributed by atoms with Crippen LogP contribution in [0.3, 0.4) is 0 Å². The number of nitrogens with zero attached hydrogens (tertiary/aromatic N) is 1. The second kappa shape index (κ2) is 7.09. The fourth-order valence-corrected chi connectivity index (χ4v) is 3.52. The van der Waals surface area contributed by atoms with Crippen LogP contribution in [0.2, 0.25) is 0 Å². The number of benzene rings is 1. The summed E-state index contributed by atoms with van der Waals surface area (Å²) in [6, 6.07) is 1.67. The number of carbonyl (C=O) groups is 1. The van der Waals surface area contributed by atoms with Gasteiger partial charge in [0.05, 0.1) is 28.3 Å². The highest BCUT2D eigenvalue weighted by molar-refractivity contribution is 7.99. The number of hydrogen-bond acceptors (Lipinski definition) is 6. The lowest BCUT2D eigenvalue weighted by atomic mass is 10.0. The summed E-state index contributed by atoms with van der Waals surface area (Å²) in [5.74, 6) is -0.236. The Kier molecular flexibility index (Phi) is 5.41. The summed E-state index contributed by atoms with van der Waals surface area (Å²) in [6.07, 6.45) is 4.36. The summed E-state index contributed by atoms with van der Waals surface area (Å²) >= 11 is 2.85. The molecule has 1 aliphatic rings. The van der Waals surface area contributed by atoms with Crippen LogP contribution in [-0.4, -0.2) is 42.5 Å². The van der Waals surface area contributed by atoms with E-state index in [0.29, 0.717) is 30.3 Å². The molecule has 0 unspecified atom stereocenters. The molecule has 0 saturated carbocycles. The van der Waals surface area contributed by atoms with Gasteiger partial charge in [0, 0.05) is 11.3 Å². The van der Waals surface area contributed by atoms with Gasteiger partial charge in [-0.15, -0.1) is 23.5 Å². The molecule has 1 aromatic carbocycles. The number of ether oxygens (including phenoxy) is 1. The van der Waals surface area contributed by atoms with Crippen LogP contribution in [0.25, 0.3) is 0 Å². The maximum atomic E-state index is 11.5. The number of hydrogen-bond donors (Lipinski definition) is 1. The van der Waals surface area contributed by atoms with Gasteiger partial charge in [-0.1, -0.05) is 5.16 Å². The van der Waals surface area contributed by atoms with E-state index in [1.807, 2.05) is 19.4 Å². The summed E-state index contributed by atoms with van der Waals surface area (Å²) in [5.41, 5.74) is 1.78. The summed E-state index contributed by atoms with van der Waals surface area (Å²) in [4.78, 5) is 18.2. The highest BCUT2D eigenvalue weighted by Gasteiger charge is 2.28. The Balaban J connectivity index is 2.71. The topological polar surface area (TPSA) is 68.1 Å². The van der Waals surface area contributed by atoms with E-state index in [9.17, 15) is 9.90 Å². The van der Waals surface area contributed by atoms with Crippen molar-refractivity contribution in [3.05, 3.63) is 17.2 Å². The van der Waals surface area contributed by atoms with Gasteiger partial charge in [0.1, 0.15) is 12.4 Å². The Morgan fingerprint density at radius 1 is 1.48 bits per heavy atom. The molecule has 1 aliphatic heterocycles. The summed E-state index contributed by atoms with van der Waals surface area (Å²) in [5, 5.41) is 13.6. The predicted molar refractivity (Wildman–Crippen MR) is 85.2 cm³/mol. The van der Waals surface area contributed by atoms with Crippen molar-refractivity contribution in [1.29, 1.82) is 0 Å². The first-order valence-electron chi connectivity index (χ1n) is 6.48. The van der Waals surface area contributed by atoms with Crippen molar-refractivity contribution in [3.63, 3.8) is 0 Å². The molecule has 0 atom stereocenters. The SMILES string of the molecule is CCON=C1CCOc2c(SC)cc(C(=O)O)c(SC)c21. The van der Waals surface area contributed by atoms with Crippen LogP contribution in [0.1, 0.15) is 29.3 Å². The Bertz CT molecular complexity index is 587. The smallest absolute Gasteiger partial charge is 0.336 e. The maximum absolute atomic E-state index is 11.5. The zero-order valence-corrected chi connectivity index (χ0v) is 13.8. The predicted octanol–water partition coefficient (Wildman–Crippen LogP) is 3.35. The molecule has 2 rings (SSSR count). The monoisotopic (exact) mass is 327 g/mol. The highest BCUT2D eigenvalue weighted by atomic mass is 32.2. The van der Waals surface area contributed by atoms with E-state index < -0.39 is 5.97 Å². The molecule has 0 saturated heterocycles. The van der Waals surface area contributed by atoms with E-state index in [1.54, 1.807) is 6.07 Å². The van der Waals surface area contributed by atoms with Crippen LogP contribution in [-0.2, 0) is 4.84 Å². The van der Waals surface area contributed by atoms with Gasteiger partial charge in [0.2, 0.25) is 0 Å². The van der Waals surface area contributed by atoms with Crippen molar-refractivity contribution >= 4 is 35.2 Å². The third-order valence-corrected chi connectivity index (χ3v) is 4.61. The molecule has 1 aromatic rings. The minimum absolute atomic E-state index is 0.278. The summed E-state index contributed by atoms with van der Waals surface area (Å²) < 4.78 is 5.77. The quantitative estimate of drug-likeness (QED) is 0.661. The number of rotatable bonds is 5. The van der Waals surface area contributed by atoms with Crippen LogP contribution in [0.4, 0.5) is 0 Å². The Hall–Kier alpha value is -1.34. The summed E-state index contributed by atoms with van der Waals surface area (Å²) in [6.45, 7) is 2.86. The van der Waals surface area contributed by atoms with Crippen LogP contribution in [0.5, 0.6) is 5.75 Å². The van der Waals surface area contributed by atoms with E-state index in [-0.39, 0.29) is 5.56 Å². The molecule has 114 valence electrons. The third-order valence-electron chi connectivity index (χ3n) is 3.03. The van der Waals surface area contributed by atoms with E-state index in [2.05, 4.69) is 5.16 Å². The van der Waals surface area contributed by atoms with Crippen molar-refractivity contribution in [3.8, 4) is 5.75 Å². The Morgan fingerprint density at radius 2 is 2.24 bits per heavy atom. The number of aromatic carboxylic acids is 1. The van der Waals surface area contributed by atoms with Gasteiger partial charge < -0.3 is 14.7 Å². The highest BCUT2D eigenvalue weighted by Crippen LogP contribution is 2.42. The standard InChI is InChI=1S/C14H17NO4S2/c1-4-19-15-9-5-6-18-12-10(20-2)7-8(14(16)17)13(21-3)11(9)12/h7H,4-6H2,1-3H3,(H,16,17). The second-order valence-corrected chi connectivity index (χ2v) is 5.89. The molecule has 0 spiro atoms. The third kappa shape index (κ3) is 3.13. The van der Waals surface area contributed by atoms with Gasteiger partial charge in [0.25, 0.3) is 0 Å². The van der Waals surface area contributed by atoms with Crippen molar-refractivity contribution < 1.29 is 19.5 Å². The molecular formula is C14H17NO4S2. The number of fused-ring (bicyclic) bond motifs is 1. The molecule has 0 fully saturated rings. The zero-order chi connectivity index (χ0) is 15.4. The van der Waals surface area contributed by atoms with Gasteiger partial charge >= 0.3 is 5.97 Å². The molecule has 0 aromatic heterocycles. The molecule has 0 bridgehead atoms. The largest absolute Gasteiger partial charge is 0.491 e. The van der Waals surface area contributed by atoms with Crippen molar-refractivity contribution in [2.24, 2.45) is 5.16 Å². The van der Waals surface area contributed by atoms with Crippen molar-refractivity contribution in [1.82, 2.24) is 0 Å². The number of thioether (sulfide) groups is 2. The first-order chi connectivity index (χ1) is 10.1. The van der Waals surface area contributed by atoms with Crippen molar-refractivity contribution in [2.45, 2.75) is 23.1 Å². The lowest BCUT2D eigenvalue weighted by Gasteiger charge is -2.24. The van der Waals surface area contributed by atoms with Gasteiger partial charge in [-0.05, 0) is 25.5 Å². The van der Waals surface area contributed by atoms with Crippen LogP contribution < -0.4 is 4.74 Å². The normalized spacial score (nSPS) is 15.5. The van der Waals surface area contributed by atoms with Crippen LogP contribution in [0, 0.1) is 0 Å². The fourth-order valence-electron chi connectivity index (χ4n) is 2.16. The molecule has 21 heavy (non-hydrogen) atoms. The molecule has 7 heteroatoms. The van der Waals surface area contributed by atoms with Gasteiger partial charge in [-0.25, -0.2) is 4.79 Å². The van der Waals surface area contributed by atoms with E-state index in [0.717, 1.165) is 16.2 Å². The van der Waals surface area contributed by atoms with E-state index >= 15 is 0 Å². The van der Waals surface area contributed by atoms with Gasteiger partial charge in [-0.2, -0.15) is 0 Å². The summed E-state index contributed by atoms with van der Waals surface area (Å²) in [7, 11) is 0. The van der Waals surface area contributed by atoms with E-state index in [4.69, 9.17) is 9.57 Å². The molecule has 1 N–H and O–H groups in total. The molecule has 0 amide bonds. The molecule has 1 heterocycles. The second-order valence-electron chi connectivity index (χ2n) is 4.22. The number of carboxylic acids is 1. The fraction of sp³-hybridized carbons (Fsp3) is 0.429. The molecular weight excluding hydrogens is 310 g/mol. The lowest BCUT2D eigenvalue weighted by molar-refractivity contribution is 0.0692.